The number of oxime groups is 1. The third kappa shape index (κ3) is 5.37. The first-order valence-electron chi connectivity index (χ1n) is 9.98. The number of halogens is 4. The number of hydrogen-bond acceptors (Lipinski definition) is 5. The van der Waals surface area contributed by atoms with E-state index >= 15 is 0 Å². The lowest BCUT2D eigenvalue weighted by Crippen LogP contribution is -2.45. The van der Waals surface area contributed by atoms with Gasteiger partial charge >= 0.3 is 0 Å². The summed E-state index contributed by atoms with van der Waals surface area (Å²) in [5.41, 5.74) is 2.07. The van der Waals surface area contributed by atoms with Crippen molar-refractivity contribution >= 4 is 64.4 Å². The van der Waals surface area contributed by atoms with Gasteiger partial charge in [-0.3, -0.25) is 14.4 Å². The Hall–Kier alpha value is -2.61. The van der Waals surface area contributed by atoms with Crippen molar-refractivity contribution in [1.29, 1.82) is 0 Å². The van der Waals surface area contributed by atoms with Crippen molar-refractivity contribution in [2.45, 2.75) is 19.1 Å². The molecule has 0 radical (unpaired) electrons. The highest BCUT2D eigenvalue weighted by Crippen LogP contribution is 2.30. The van der Waals surface area contributed by atoms with Gasteiger partial charge in [0.2, 0.25) is 0 Å². The van der Waals surface area contributed by atoms with Gasteiger partial charge in [0.05, 0.1) is 6.21 Å². The van der Waals surface area contributed by atoms with Crippen LogP contribution < -0.4 is 0 Å². The SMILES string of the molecule is O=C1c2ccccc2C(/C=N/OCc2ccc(Cl)cc2Cl)C(=O)N1OCc1ccc(Cl)cc1Cl. The van der Waals surface area contributed by atoms with E-state index in [-0.39, 0.29) is 13.2 Å². The maximum absolute atomic E-state index is 13.2. The maximum atomic E-state index is 13.2. The van der Waals surface area contributed by atoms with E-state index in [1.165, 1.54) is 6.21 Å². The average Bonchev–Trinajstić information content (AvgIpc) is 2.81. The van der Waals surface area contributed by atoms with Gasteiger partial charge in [-0.25, -0.2) is 0 Å². The third-order valence-corrected chi connectivity index (χ3v) is 6.23. The summed E-state index contributed by atoms with van der Waals surface area (Å²) in [6.45, 7) is -0.0334. The lowest BCUT2D eigenvalue weighted by Gasteiger charge is -2.29. The fraction of sp³-hybridized carbons (Fsp3) is 0.125. The summed E-state index contributed by atoms with van der Waals surface area (Å²) < 4.78 is 0. The molecule has 2 amide bonds. The molecular weight excluding hydrogens is 522 g/mol. The first-order valence-corrected chi connectivity index (χ1v) is 11.5. The molecule has 4 rings (SSSR count). The Kier molecular flexibility index (Phi) is 7.76. The van der Waals surface area contributed by atoms with Gasteiger partial charge in [0.15, 0.2) is 0 Å². The van der Waals surface area contributed by atoms with Crippen LogP contribution in [0.3, 0.4) is 0 Å². The minimum absolute atomic E-state index is 0.0727. The van der Waals surface area contributed by atoms with E-state index in [9.17, 15) is 9.59 Å². The molecule has 0 saturated carbocycles. The van der Waals surface area contributed by atoms with Gasteiger partial charge in [0.25, 0.3) is 11.8 Å². The highest BCUT2D eigenvalue weighted by molar-refractivity contribution is 6.35. The van der Waals surface area contributed by atoms with Crippen molar-refractivity contribution < 1.29 is 19.3 Å². The Morgan fingerprint density at radius 1 is 0.853 bits per heavy atom. The number of amides is 2. The minimum Gasteiger partial charge on any atom is -0.391 e. The molecule has 0 spiro atoms. The number of nitrogens with zero attached hydrogens (tertiary/aromatic N) is 2. The summed E-state index contributed by atoms with van der Waals surface area (Å²) in [5.74, 6) is -2.08. The molecule has 1 aliphatic rings. The number of fused-ring (bicyclic) bond motifs is 1. The summed E-state index contributed by atoms with van der Waals surface area (Å²) in [6, 6.07) is 16.6. The van der Waals surface area contributed by atoms with Crippen molar-refractivity contribution in [1.82, 2.24) is 5.06 Å². The number of carbonyl (C=O) groups excluding carboxylic acids is 2. The topological polar surface area (TPSA) is 68.2 Å². The second kappa shape index (κ2) is 10.8. The largest absolute Gasteiger partial charge is 0.391 e. The Labute approximate surface area is 215 Å². The number of benzene rings is 3. The number of carbonyl (C=O) groups is 2. The van der Waals surface area contributed by atoms with E-state index in [4.69, 9.17) is 56.1 Å². The number of hydroxylamine groups is 2. The van der Waals surface area contributed by atoms with Crippen LogP contribution in [0.1, 0.15) is 33.0 Å². The molecule has 10 heteroatoms. The van der Waals surface area contributed by atoms with Crippen molar-refractivity contribution in [3.05, 3.63) is 103 Å². The first-order chi connectivity index (χ1) is 16.3. The van der Waals surface area contributed by atoms with E-state index in [1.54, 1.807) is 60.7 Å². The molecule has 3 aromatic rings. The van der Waals surface area contributed by atoms with Gasteiger partial charge in [-0.05, 0) is 41.5 Å². The van der Waals surface area contributed by atoms with Crippen LogP contribution in [0.15, 0.2) is 65.8 Å². The molecule has 0 aromatic heterocycles. The van der Waals surface area contributed by atoms with Crippen molar-refractivity contribution in [3.63, 3.8) is 0 Å². The van der Waals surface area contributed by atoms with E-state index in [1.807, 2.05) is 0 Å². The van der Waals surface area contributed by atoms with Crippen molar-refractivity contribution in [2.24, 2.45) is 5.16 Å². The molecule has 1 atom stereocenters. The molecule has 0 aliphatic carbocycles. The van der Waals surface area contributed by atoms with Crippen LogP contribution in [0.25, 0.3) is 0 Å². The molecule has 0 bridgehead atoms. The highest BCUT2D eigenvalue weighted by atomic mass is 35.5. The zero-order valence-electron chi connectivity index (χ0n) is 17.4. The quantitative estimate of drug-likeness (QED) is 0.191. The van der Waals surface area contributed by atoms with Gasteiger partial charge in [0.1, 0.15) is 19.1 Å². The zero-order chi connectivity index (χ0) is 24.2. The van der Waals surface area contributed by atoms with Crippen molar-refractivity contribution in [3.8, 4) is 0 Å². The maximum Gasteiger partial charge on any atom is 0.285 e. The van der Waals surface area contributed by atoms with Crippen LogP contribution in [0.2, 0.25) is 20.1 Å². The minimum atomic E-state index is -0.893. The fourth-order valence-electron chi connectivity index (χ4n) is 3.32. The number of imide groups is 1. The second-order valence-corrected chi connectivity index (χ2v) is 8.96. The van der Waals surface area contributed by atoms with E-state index in [0.29, 0.717) is 42.3 Å². The van der Waals surface area contributed by atoms with Crippen molar-refractivity contribution in [2.75, 3.05) is 0 Å². The van der Waals surface area contributed by atoms with Crippen LogP contribution in [-0.4, -0.2) is 23.1 Å². The van der Waals surface area contributed by atoms with Crippen LogP contribution in [0, 0.1) is 0 Å². The molecule has 0 saturated heterocycles. The van der Waals surface area contributed by atoms with E-state index in [0.717, 1.165) is 5.06 Å². The Bertz CT molecular complexity index is 1280. The molecule has 34 heavy (non-hydrogen) atoms. The lowest BCUT2D eigenvalue weighted by atomic mass is 9.90. The Balaban J connectivity index is 1.51. The molecule has 1 heterocycles. The molecule has 0 N–H and O–H groups in total. The molecule has 1 aliphatic heterocycles. The van der Waals surface area contributed by atoms with Gasteiger partial charge in [-0.1, -0.05) is 81.9 Å². The lowest BCUT2D eigenvalue weighted by molar-refractivity contribution is -0.174. The normalized spacial score (nSPS) is 15.6. The molecule has 0 fully saturated rings. The number of hydrogen-bond donors (Lipinski definition) is 0. The smallest absolute Gasteiger partial charge is 0.285 e. The monoisotopic (exact) mass is 536 g/mol. The second-order valence-electron chi connectivity index (χ2n) is 7.28. The van der Waals surface area contributed by atoms with Gasteiger partial charge in [-0.2, -0.15) is 0 Å². The molecule has 3 aromatic carbocycles. The summed E-state index contributed by atoms with van der Waals surface area (Å²) in [7, 11) is 0. The van der Waals surface area contributed by atoms with Gasteiger partial charge in [-0.15, -0.1) is 5.06 Å². The molecular formula is C24H16Cl4N2O4. The van der Waals surface area contributed by atoms with E-state index < -0.39 is 17.7 Å². The summed E-state index contributed by atoms with van der Waals surface area (Å²) in [4.78, 5) is 37.0. The van der Waals surface area contributed by atoms with Crippen LogP contribution in [-0.2, 0) is 27.7 Å². The standard InChI is InChI=1S/C24H16Cl4N2O4/c25-16-7-5-14(21(27)9-16)12-33-29-11-20-18-3-1-2-4-19(18)23(31)30(24(20)32)34-13-15-6-8-17(26)10-22(15)28/h1-11,20H,12-13H2/b29-11+. The average molecular weight is 538 g/mol. The summed E-state index contributed by atoms with van der Waals surface area (Å²) >= 11 is 24.1. The van der Waals surface area contributed by atoms with Crippen LogP contribution in [0.4, 0.5) is 0 Å². The van der Waals surface area contributed by atoms with Gasteiger partial charge < -0.3 is 4.84 Å². The molecule has 174 valence electrons. The molecule has 6 nitrogen and oxygen atoms in total. The van der Waals surface area contributed by atoms with Crippen LogP contribution in [0.5, 0.6) is 0 Å². The van der Waals surface area contributed by atoms with Gasteiger partial charge in [0, 0.05) is 31.2 Å². The predicted molar refractivity (Wildman–Crippen MR) is 131 cm³/mol. The Morgan fingerprint density at radius 3 is 2.12 bits per heavy atom. The summed E-state index contributed by atoms with van der Waals surface area (Å²) in [6.07, 6.45) is 1.32. The zero-order valence-corrected chi connectivity index (χ0v) is 20.4. The number of rotatable bonds is 7. The predicted octanol–water partition coefficient (Wildman–Crippen LogP) is 6.70. The van der Waals surface area contributed by atoms with E-state index in [2.05, 4.69) is 5.16 Å². The summed E-state index contributed by atoms with van der Waals surface area (Å²) in [5, 5.41) is 6.42. The fourth-order valence-corrected chi connectivity index (χ4v) is 4.25. The highest BCUT2D eigenvalue weighted by Gasteiger charge is 2.39. The van der Waals surface area contributed by atoms with Crippen LogP contribution >= 0.6 is 46.4 Å². The first kappa shape index (κ1) is 24.5. The molecule has 1 unspecified atom stereocenters. The third-order valence-electron chi connectivity index (χ3n) is 5.06. The Morgan fingerprint density at radius 2 is 1.47 bits per heavy atom.